The summed E-state index contributed by atoms with van der Waals surface area (Å²) in [5, 5.41) is 15.3. The van der Waals surface area contributed by atoms with Gasteiger partial charge < -0.3 is 14.9 Å². The summed E-state index contributed by atoms with van der Waals surface area (Å²) in [6.07, 6.45) is 4.38. The quantitative estimate of drug-likeness (QED) is 0.717. The van der Waals surface area contributed by atoms with Gasteiger partial charge in [0, 0.05) is 31.2 Å². The van der Waals surface area contributed by atoms with Gasteiger partial charge in [0.1, 0.15) is 0 Å². The fourth-order valence-corrected chi connectivity index (χ4v) is 2.04. The molecule has 1 aromatic rings. The molecule has 0 aromatic carbocycles. The Hall–Kier alpha value is -1.92. The van der Waals surface area contributed by atoms with Gasteiger partial charge in [-0.05, 0) is 32.6 Å². The monoisotopic (exact) mass is 295 g/mol. The highest BCUT2D eigenvalue weighted by Gasteiger charge is 2.28. The van der Waals surface area contributed by atoms with Crippen LogP contribution in [0.4, 0.5) is 0 Å². The Kier molecular flexibility index (Phi) is 5.30. The van der Waals surface area contributed by atoms with E-state index in [2.05, 4.69) is 15.5 Å². The van der Waals surface area contributed by atoms with Gasteiger partial charge in [-0.15, -0.1) is 0 Å². The van der Waals surface area contributed by atoms with E-state index in [0.717, 1.165) is 18.7 Å². The van der Waals surface area contributed by atoms with Crippen molar-refractivity contribution in [1.82, 2.24) is 15.5 Å². The molecule has 1 unspecified atom stereocenters. The average molecular weight is 295 g/mol. The number of nitrogens with zero attached hydrogens (tertiary/aromatic N) is 2. The summed E-state index contributed by atoms with van der Waals surface area (Å²) in [4.78, 5) is 26.4. The summed E-state index contributed by atoms with van der Waals surface area (Å²) in [7, 11) is 0. The lowest BCUT2D eigenvalue weighted by molar-refractivity contribution is -0.137. The van der Waals surface area contributed by atoms with Crippen LogP contribution in [0.15, 0.2) is 4.52 Å². The van der Waals surface area contributed by atoms with E-state index >= 15 is 0 Å². The van der Waals surface area contributed by atoms with Gasteiger partial charge in [-0.2, -0.15) is 4.98 Å². The zero-order valence-corrected chi connectivity index (χ0v) is 12.2. The number of rotatable bonds is 9. The van der Waals surface area contributed by atoms with Crippen molar-refractivity contribution in [3.05, 3.63) is 11.7 Å². The van der Waals surface area contributed by atoms with E-state index in [4.69, 9.17) is 9.63 Å². The molecule has 0 spiro atoms. The first-order valence-corrected chi connectivity index (χ1v) is 7.38. The predicted molar refractivity (Wildman–Crippen MR) is 73.7 cm³/mol. The van der Waals surface area contributed by atoms with Crippen molar-refractivity contribution in [1.29, 1.82) is 0 Å². The number of carbonyl (C=O) groups is 2. The van der Waals surface area contributed by atoms with Crippen molar-refractivity contribution in [2.45, 2.75) is 63.8 Å². The molecule has 1 aromatic heterocycles. The van der Waals surface area contributed by atoms with Crippen molar-refractivity contribution >= 4 is 11.9 Å². The van der Waals surface area contributed by atoms with Crippen LogP contribution in [0.1, 0.15) is 63.1 Å². The number of hydrogen-bond acceptors (Lipinski definition) is 5. The molecule has 1 aliphatic carbocycles. The highest BCUT2D eigenvalue weighted by atomic mass is 16.5. The molecule has 0 saturated heterocycles. The Balaban J connectivity index is 1.60. The molecule has 1 atom stereocenters. The van der Waals surface area contributed by atoms with Gasteiger partial charge in [0.05, 0.1) is 0 Å². The summed E-state index contributed by atoms with van der Waals surface area (Å²) in [6.45, 7) is 1.81. The van der Waals surface area contributed by atoms with E-state index in [0.29, 0.717) is 37.5 Å². The molecular formula is C14H21N3O4. The number of aryl methyl sites for hydroxylation is 1. The first-order chi connectivity index (χ1) is 10.0. The van der Waals surface area contributed by atoms with Crippen LogP contribution >= 0.6 is 0 Å². The normalized spacial score (nSPS) is 15.7. The maximum atomic E-state index is 11.7. The second-order valence-electron chi connectivity index (χ2n) is 5.58. The maximum Gasteiger partial charge on any atom is 0.303 e. The van der Waals surface area contributed by atoms with Crippen molar-refractivity contribution in [2.75, 3.05) is 0 Å². The van der Waals surface area contributed by atoms with Crippen LogP contribution in [-0.4, -0.2) is 33.2 Å². The van der Waals surface area contributed by atoms with Gasteiger partial charge in [-0.1, -0.05) is 5.16 Å². The molecule has 1 fully saturated rings. The van der Waals surface area contributed by atoms with E-state index in [-0.39, 0.29) is 18.4 Å². The van der Waals surface area contributed by atoms with Crippen LogP contribution in [0.5, 0.6) is 0 Å². The van der Waals surface area contributed by atoms with E-state index in [1.54, 1.807) is 6.92 Å². The van der Waals surface area contributed by atoms with Gasteiger partial charge >= 0.3 is 5.97 Å². The van der Waals surface area contributed by atoms with Gasteiger partial charge in [0.15, 0.2) is 5.82 Å². The molecule has 0 aliphatic heterocycles. The number of aliphatic carboxylic acids is 1. The number of amides is 1. The van der Waals surface area contributed by atoms with Gasteiger partial charge in [-0.25, -0.2) is 0 Å². The second-order valence-corrected chi connectivity index (χ2v) is 5.58. The van der Waals surface area contributed by atoms with Crippen LogP contribution in [0.3, 0.4) is 0 Å². The third-order valence-corrected chi connectivity index (χ3v) is 3.42. The zero-order valence-electron chi connectivity index (χ0n) is 12.2. The molecule has 1 amide bonds. The van der Waals surface area contributed by atoms with Crippen LogP contribution in [0.25, 0.3) is 0 Å². The van der Waals surface area contributed by atoms with Gasteiger partial charge in [0.2, 0.25) is 11.8 Å². The molecule has 1 aliphatic rings. The molecule has 1 saturated carbocycles. The highest BCUT2D eigenvalue weighted by molar-refractivity contribution is 5.76. The van der Waals surface area contributed by atoms with Crippen LogP contribution in [-0.2, 0) is 16.0 Å². The largest absolute Gasteiger partial charge is 0.481 e. The zero-order chi connectivity index (χ0) is 15.2. The number of carboxylic acid groups (broad SMARTS) is 1. The van der Waals surface area contributed by atoms with E-state index in [1.807, 2.05) is 0 Å². The molecule has 7 nitrogen and oxygen atoms in total. The summed E-state index contributed by atoms with van der Waals surface area (Å²) in [5.41, 5.74) is 0. The predicted octanol–water partition coefficient (Wildman–Crippen LogP) is 1.64. The van der Waals surface area contributed by atoms with Gasteiger partial charge in [0.25, 0.3) is 0 Å². The molecule has 1 heterocycles. The minimum atomic E-state index is -0.848. The third kappa shape index (κ3) is 5.53. The summed E-state index contributed by atoms with van der Waals surface area (Å²) in [6, 6.07) is -0.126. The Bertz CT molecular complexity index is 496. The first-order valence-electron chi connectivity index (χ1n) is 7.38. The molecule has 0 bridgehead atoms. The van der Waals surface area contributed by atoms with Crippen molar-refractivity contribution in [3.63, 3.8) is 0 Å². The minimum Gasteiger partial charge on any atom is -0.481 e. The molecule has 0 radical (unpaired) electrons. The smallest absolute Gasteiger partial charge is 0.303 e. The van der Waals surface area contributed by atoms with E-state index < -0.39 is 5.97 Å². The Morgan fingerprint density at radius 1 is 1.43 bits per heavy atom. The summed E-state index contributed by atoms with van der Waals surface area (Å²) in [5.74, 6) is 0.926. The van der Waals surface area contributed by atoms with Gasteiger partial charge in [-0.3, -0.25) is 9.59 Å². The Morgan fingerprint density at radius 2 is 2.19 bits per heavy atom. The topological polar surface area (TPSA) is 105 Å². The molecule has 21 heavy (non-hydrogen) atoms. The van der Waals surface area contributed by atoms with E-state index in [9.17, 15) is 9.59 Å². The fourth-order valence-electron chi connectivity index (χ4n) is 2.04. The molecule has 7 heteroatoms. The van der Waals surface area contributed by atoms with E-state index in [1.165, 1.54) is 0 Å². The third-order valence-electron chi connectivity index (χ3n) is 3.42. The highest BCUT2D eigenvalue weighted by Crippen LogP contribution is 2.38. The number of nitrogens with one attached hydrogen (secondary N) is 1. The Morgan fingerprint density at radius 3 is 2.86 bits per heavy atom. The number of hydrogen-bond donors (Lipinski definition) is 2. The first kappa shape index (κ1) is 15.5. The molecule has 2 rings (SSSR count). The standard InChI is InChI=1S/C14H21N3O4/c1-9(5-8-13(19)20)15-11(18)3-2-4-12-16-14(17-21-12)10-6-7-10/h9-10H,2-8H2,1H3,(H,15,18)(H,19,20). The van der Waals surface area contributed by atoms with Crippen molar-refractivity contribution < 1.29 is 19.2 Å². The second kappa shape index (κ2) is 7.19. The number of aromatic nitrogens is 2. The Labute approximate surface area is 123 Å². The summed E-state index contributed by atoms with van der Waals surface area (Å²) < 4.78 is 5.14. The molecule has 116 valence electrons. The summed E-state index contributed by atoms with van der Waals surface area (Å²) >= 11 is 0. The molecular weight excluding hydrogens is 274 g/mol. The lowest BCUT2D eigenvalue weighted by Gasteiger charge is -2.12. The van der Waals surface area contributed by atoms with Crippen LogP contribution in [0, 0.1) is 0 Å². The fraction of sp³-hybridized carbons (Fsp3) is 0.714. The van der Waals surface area contributed by atoms with Crippen LogP contribution < -0.4 is 5.32 Å². The lowest BCUT2D eigenvalue weighted by Crippen LogP contribution is -2.32. The number of carboxylic acids is 1. The maximum absolute atomic E-state index is 11.7. The lowest BCUT2D eigenvalue weighted by atomic mass is 10.1. The van der Waals surface area contributed by atoms with Crippen molar-refractivity contribution in [3.8, 4) is 0 Å². The van der Waals surface area contributed by atoms with Crippen molar-refractivity contribution in [2.24, 2.45) is 0 Å². The van der Waals surface area contributed by atoms with Crippen LogP contribution in [0.2, 0.25) is 0 Å². The minimum absolute atomic E-state index is 0.0629. The average Bonchev–Trinajstić information content (AvgIpc) is 3.17. The SMILES string of the molecule is CC(CCC(=O)O)NC(=O)CCCc1nc(C2CC2)no1. The number of carbonyl (C=O) groups excluding carboxylic acids is 1. The molecule has 2 N–H and O–H groups in total.